The zero-order valence-electron chi connectivity index (χ0n) is 19.8. The first-order chi connectivity index (χ1) is 15.3. The topological polar surface area (TPSA) is 51.4 Å². The fraction of sp³-hybridized carbons (Fsp3) is 0.385. The fourth-order valence-electron chi connectivity index (χ4n) is 3.90. The van der Waals surface area contributed by atoms with Crippen LogP contribution in [0.4, 0.5) is 5.69 Å². The number of thiocarbonyl (C=S) groups is 1. The van der Waals surface area contributed by atoms with E-state index in [4.69, 9.17) is 12.2 Å². The van der Waals surface area contributed by atoms with Gasteiger partial charge in [-0.3, -0.25) is 4.79 Å². The van der Waals surface area contributed by atoms with Crippen molar-refractivity contribution in [2.45, 2.75) is 40.2 Å². The van der Waals surface area contributed by atoms with Crippen molar-refractivity contribution in [2.24, 2.45) is 0 Å². The van der Waals surface area contributed by atoms with Crippen molar-refractivity contribution in [3.63, 3.8) is 0 Å². The highest BCUT2D eigenvalue weighted by atomic mass is 32.1. The third kappa shape index (κ3) is 6.17. The van der Waals surface area contributed by atoms with Gasteiger partial charge in [0.15, 0.2) is 5.11 Å². The summed E-state index contributed by atoms with van der Waals surface area (Å²) in [6, 6.07) is 14.5. The number of hydrogen-bond donors (Lipinski definition) is 2. The van der Waals surface area contributed by atoms with Gasteiger partial charge in [-0.15, -0.1) is 0 Å². The van der Waals surface area contributed by atoms with Gasteiger partial charge in [-0.25, -0.2) is 0 Å². The summed E-state index contributed by atoms with van der Waals surface area (Å²) in [4.78, 5) is 20.2. The molecule has 0 spiro atoms. The number of pyridine rings is 1. The van der Waals surface area contributed by atoms with Gasteiger partial charge in [-0.05, 0) is 101 Å². The average molecular weight is 451 g/mol. The molecule has 2 N–H and O–H groups in total. The van der Waals surface area contributed by atoms with Crippen LogP contribution in [-0.4, -0.2) is 47.1 Å². The summed E-state index contributed by atoms with van der Waals surface area (Å²) < 4.78 is 0. The molecule has 1 heterocycles. The van der Waals surface area contributed by atoms with Crippen LogP contribution in [0.1, 0.15) is 35.6 Å². The normalized spacial score (nSPS) is 11.2. The van der Waals surface area contributed by atoms with Gasteiger partial charge in [0.25, 0.3) is 5.56 Å². The Morgan fingerprint density at radius 3 is 2.44 bits per heavy atom. The SMILES string of the molecule is CCc1ccc(NC(=S)N(CCCN(C)C)Cc2cc3c(C)cc(C)cc3[nH]c2=O)cc1. The van der Waals surface area contributed by atoms with Crippen molar-refractivity contribution >= 4 is 33.9 Å². The van der Waals surface area contributed by atoms with Crippen LogP contribution in [0.2, 0.25) is 0 Å². The molecule has 1 aromatic heterocycles. The molecule has 0 amide bonds. The summed E-state index contributed by atoms with van der Waals surface area (Å²) in [7, 11) is 4.13. The number of aromatic amines is 1. The molecule has 0 bridgehead atoms. The highest BCUT2D eigenvalue weighted by Gasteiger charge is 2.14. The first-order valence-corrected chi connectivity index (χ1v) is 11.6. The Balaban J connectivity index is 1.85. The molecule has 3 aromatic rings. The Kier molecular flexibility index (Phi) is 8.04. The molecule has 0 aliphatic rings. The fourth-order valence-corrected chi connectivity index (χ4v) is 4.17. The van der Waals surface area contributed by atoms with Crippen LogP contribution in [0.3, 0.4) is 0 Å². The lowest BCUT2D eigenvalue weighted by atomic mass is 10.0. The quantitative estimate of drug-likeness (QED) is 0.480. The van der Waals surface area contributed by atoms with E-state index in [-0.39, 0.29) is 5.56 Å². The van der Waals surface area contributed by atoms with Crippen molar-refractivity contribution in [1.82, 2.24) is 14.8 Å². The highest BCUT2D eigenvalue weighted by Crippen LogP contribution is 2.19. The van der Waals surface area contributed by atoms with E-state index in [1.54, 1.807) is 0 Å². The summed E-state index contributed by atoms with van der Waals surface area (Å²) in [5, 5.41) is 5.07. The summed E-state index contributed by atoms with van der Waals surface area (Å²) in [6.07, 6.45) is 1.96. The smallest absolute Gasteiger partial charge is 0.253 e. The van der Waals surface area contributed by atoms with Gasteiger partial charge in [0.1, 0.15) is 0 Å². The summed E-state index contributed by atoms with van der Waals surface area (Å²) >= 11 is 5.77. The number of hydrogen-bond acceptors (Lipinski definition) is 3. The molecular formula is C26H34N4OS. The minimum absolute atomic E-state index is 0.0600. The molecule has 3 rings (SSSR count). The predicted octanol–water partition coefficient (Wildman–Crippen LogP) is 4.86. The van der Waals surface area contributed by atoms with Crippen LogP contribution in [0.15, 0.2) is 47.3 Å². The number of benzene rings is 2. The molecule has 0 unspecified atom stereocenters. The van der Waals surface area contributed by atoms with E-state index in [9.17, 15) is 4.79 Å². The monoisotopic (exact) mass is 450 g/mol. The van der Waals surface area contributed by atoms with E-state index in [0.29, 0.717) is 11.7 Å². The zero-order chi connectivity index (χ0) is 23.3. The lowest BCUT2D eigenvalue weighted by Crippen LogP contribution is -2.37. The summed E-state index contributed by atoms with van der Waals surface area (Å²) in [5.41, 5.74) is 6.10. The van der Waals surface area contributed by atoms with Gasteiger partial charge in [0.2, 0.25) is 0 Å². The molecule has 0 atom stereocenters. The first-order valence-electron chi connectivity index (χ1n) is 11.2. The molecule has 5 nitrogen and oxygen atoms in total. The second-order valence-electron chi connectivity index (χ2n) is 8.73. The van der Waals surface area contributed by atoms with Gasteiger partial charge >= 0.3 is 0 Å². The van der Waals surface area contributed by atoms with E-state index in [2.05, 4.69) is 78.4 Å². The van der Waals surface area contributed by atoms with E-state index in [1.807, 2.05) is 19.1 Å². The number of rotatable bonds is 8. The van der Waals surface area contributed by atoms with Crippen LogP contribution in [0.25, 0.3) is 10.9 Å². The zero-order valence-corrected chi connectivity index (χ0v) is 20.6. The van der Waals surface area contributed by atoms with Crippen molar-refractivity contribution < 1.29 is 0 Å². The number of H-pyrrole nitrogens is 1. The number of anilines is 1. The lowest BCUT2D eigenvalue weighted by molar-refractivity contribution is 0.346. The molecule has 170 valence electrons. The van der Waals surface area contributed by atoms with E-state index >= 15 is 0 Å². The van der Waals surface area contributed by atoms with Crippen molar-refractivity contribution in [1.29, 1.82) is 0 Å². The van der Waals surface area contributed by atoms with Crippen molar-refractivity contribution in [3.8, 4) is 0 Å². The molecule has 0 saturated heterocycles. The number of aryl methyl sites for hydroxylation is 3. The van der Waals surface area contributed by atoms with E-state index < -0.39 is 0 Å². The Labute approximate surface area is 196 Å². The maximum Gasteiger partial charge on any atom is 0.253 e. The molecule has 2 aromatic carbocycles. The molecule has 0 aliphatic heterocycles. The third-order valence-corrected chi connectivity index (χ3v) is 6.05. The van der Waals surface area contributed by atoms with Crippen molar-refractivity contribution in [2.75, 3.05) is 32.5 Å². The molecule has 0 aliphatic carbocycles. The number of fused-ring (bicyclic) bond motifs is 1. The van der Waals surface area contributed by atoms with Crippen LogP contribution in [0.5, 0.6) is 0 Å². The van der Waals surface area contributed by atoms with Gasteiger partial charge < -0.3 is 20.1 Å². The summed E-state index contributed by atoms with van der Waals surface area (Å²) in [5.74, 6) is 0. The van der Waals surface area contributed by atoms with Gasteiger partial charge in [0.05, 0.1) is 6.54 Å². The predicted molar refractivity (Wildman–Crippen MR) is 140 cm³/mol. The van der Waals surface area contributed by atoms with E-state index in [1.165, 1.54) is 5.56 Å². The lowest BCUT2D eigenvalue weighted by Gasteiger charge is -2.26. The Bertz CT molecular complexity index is 1140. The van der Waals surface area contributed by atoms with E-state index in [0.717, 1.165) is 59.2 Å². The molecule has 32 heavy (non-hydrogen) atoms. The Morgan fingerprint density at radius 1 is 1.06 bits per heavy atom. The largest absolute Gasteiger partial charge is 0.344 e. The molecule has 0 saturated carbocycles. The second-order valence-corrected chi connectivity index (χ2v) is 9.11. The Morgan fingerprint density at radius 2 is 1.78 bits per heavy atom. The Hall–Kier alpha value is -2.70. The number of nitrogens with one attached hydrogen (secondary N) is 2. The van der Waals surface area contributed by atoms with Crippen LogP contribution >= 0.6 is 12.2 Å². The van der Waals surface area contributed by atoms with Gasteiger partial charge in [-0.2, -0.15) is 0 Å². The van der Waals surface area contributed by atoms with Gasteiger partial charge in [-0.1, -0.05) is 25.1 Å². The molecule has 0 fully saturated rings. The van der Waals surface area contributed by atoms with Crippen LogP contribution in [-0.2, 0) is 13.0 Å². The molecule has 0 radical (unpaired) electrons. The maximum absolute atomic E-state index is 12.9. The van der Waals surface area contributed by atoms with Gasteiger partial charge in [0, 0.05) is 28.7 Å². The van der Waals surface area contributed by atoms with Crippen LogP contribution in [0, 0.1) is 13.8 Å². The highest BCUT2D eigenvalue weighted by molar-refractivity contribution is 7.80. The maximum atomic E-state index is 12.9. The van der Waals surface area contributed by atoms with Crippen molar-refractivity contribution in [3.05, 3.63) is 75.1 Å². The molecule has 6 heteroatoms. The minimum atomic E-state index is -0.0600. The number of nitrogens with zero attached hydrogens (tertiary/aromatic N) is 2. The number of aromatic nitrogens is 1. The molecular weight excluding hydrogens is 416 g/mol. The second kappa shape index (κ2) is 10.7. The van der Waals surface area contributed by atoms with Crippen LogP contribution < -0.4 is 10.9 Å². The standard InChI is InChI=1S/C26H34N4OS/c1-6-20-8-10-22(11-9-20)27-26(32)30(13-7-12-29(4)5)17-21-16-23-19(3)14-18(2)15-24(23)28-25(21)31/h8-11,14-16H,6-7,12-13,17H2,1-5H3,(H,27,32)(H,28,31). The third-order valence-electron chi connectivity index (χ3n) is 5.68. The average Bonchev–Trinajstić information content (AvgIpc) is 2.74. The minimum Gasteiger partial charge on any atom is -0.344 e. The summed E-state index contributed by atoms with van der Waals surface area (Å²) in [6.45, 7) is 8.45. The first kappa shape index (κ1) is 24.0.